The smallest absolute Gasteiger partial charge is 0.138 e. The van der Waals surface area contributed by atoms with E-state index in [0.717, 1.165) is 13.0 Å². The van der Waals surface area contributed by atoms with Crippen LogP contribution in [0.2, 0.25) is 0 Å². The van der Waals surface area contributed by atoms with Gasteiger partial charge in [-0.25, -0.2) is 0 Å². The number of carbonyl (C=O) groups excluding carboxylic acids is 1. The molecule has 1 aromatic heterocycles. The van der Waals surface area contributed by atoms with Crippen molar-refractivity contribution < 1.29 is 4.79 Å². The summed E-state index contributed by atoms with van der Waals surface area (Å²) >= 11 is 1.90. The monoisotopic (exact) mass is 263 g/mol. The quantitative estimate of drug-likeness (QED) is 0.773. The minimum atomic E-state index is 0.197. The molecule has 2 heterocycles. The minimum absolute atomic E-state index is 0.197. The average Bonchev–Trinajstić information content (AvgIpc) is 2.84. The molecule has 3 unspecified atom stereocenters. The van der Waals surface area contributed by atoms with Crippen molar-refractivity contribution in [2.45, 2.75) is 51.6 Å². The summed E-state index contributed by atoms with van der Waals surface area (Å²) in [4.78, 5) is 16.0. The highest BCUT2D eigenvalue weighted by Gasteiger charge is 2.36. The van der Waals surface area contributed by atoms with Gasteiger partial charge in [0.05, 0.1) is 0 Å². The maximum absolute atomic E-state index is 11.8. The van der Waals surface area contributed by atoms with E-state index in [1.165, 1.54) is 19.3 Å². The summed E-state index contributed by atoms with van der Waals surface area (Å²) in [7, 11) is 0. The van der Waals surface area contributed by atoms with Gasteiger partial charge in [-0.05, 0) is 43.2 Å². The molecule has 0 bridgehead atoms. The lowest BCUT2D eigenvalue weighted by molar-refractivity contribution is -0.129. The Hall–Kier alpha value is -0.670. The van der Waals surface area contributed by atoms with Gasteiger partial charge in [0.2, 0.25) is 0 Å². The summed E-state index contributed by atoms with van der Waals surface area (Å²) in [6.45, 7) is 5.27. The first kappa shape index (κ1) is 12.4. The number of thiophene rings is 1. The second kappa shape index (κ2) is 4.78. The highest BCUT2D eigenvalue weighted by atomic mass is 32.1. The number of hydrogen-bond donors (Lipinski definition) is 0. The lowest BCUT2D eigenvalue weighted by Crippen LogP contribution is -2.48. The molecule has 1 saturated heterocycles. The lowest BCUT2D eigenvalue weighted by atomic mass is 9.85. The summed E-state index contributed by atoms with van der Waals surface area (Å²) in [6, 6.07) is 3.25. The van der Waals surface area contributed by atoms with E-state index < -0.39 is 0 Å². The zero-order chi connectivity index (χ0) is 12.7. The normalized spacial score (nSPS) is 33.4. The molecule has 3 atom stereocenters. The molecule has 1 aliphatic carbocycles. The molecule has 0 spiro atoms. The van der Waals surface area contributed by atoms with E-state index >= 15 is 0 Å². The van der Waals surface area contributed by atoms with E-state index in [4.69, 9.17) is 0 Å². The van der Waals surface area contributed by atoms with Crippen LogP contribution in [0.3, 0.4) is 0 Å². The van der Waals surface area contributed by atoms with E-state index in [1.807, 2.05) is 11.3 Å². The van der Waals surface area contributed by atoms with Gasteiger partial charge >= 0.3 is 0 Å². The van der Waals surface area contributed by atoms with Gasteiger partial charge in [-0.1, -0.05) is 6.92 Å². The summed E-state index contributed by atoms with van der Waals surface area (Å²) in [6.07, 6.45) is 4.54. The maximum atomic E-state index is 11.8. The first-order valence-corrected chi connectivity index (χ1v) is 7.91. The Balaban J connectivity index is 1.86. The number of likely N-dealkylation sites (tertiary alicyclic amines) is 1. The second-order valence-electron chi connectivity index (χ2n) is 5.69. The molecule has 98 valence electrons. The third-order valence-corrected chi connectivity index (χ3v) is 5.79. The van der Waals surface area contributed by atoms with E-state index in [-0.39, 0.29) is 5.92 Å². The van der Waals surface area contributed by atoms with Crippen LogP contribution in [0.15, 0.2) is 11.4 Å². The van der Waals surface area contributed by atoms with Crippen molar-refractivity contribution in [2.75, 3.05) is 6.54 Å². The molecule has 0 radical (unpaired) electrons. The third-order valence-electron chi connectivity index (χ3n) is 4.79. The van der Waals surface area contributed by atoms with Crippen molar-refractivity contribution in [1.29, 1.82) is 0 Å². The molecule has 3 heteroatoms. The van der Waals surface area contributed by atoms with Crippen molar-refractivity contribution in [2.24, 2.45) is 5.92 Å². The van der Waals surface area contributed by atoms with Gasteiger partial charge in [0.15, 0.2) is 0 Å². The van der Waals surface area contributed by atoms with E-state index in [2.05, 4.69) is 30.2 Å². The highest BCUT2D eigenvalue weighted by molar-refractivity contribution is 7.10. The molecule has 18 heavy (non-hydrogen) atoms. The number of piperidine rings is 1. The Morgan fingerprint density at radius 3 is 3.00 bits per heavy atom. The molecule has 0 saturated carbocycles. The van der Waals surface area contributed by atoms with Gasteiger partial charge in [0.25, 0.3) is 0 Å². The summed E-state index contributed by atoms with van der Waals surface area (Å²) in [5.74, 6) is 0.642. The molecular weight excluding hydrogens is 242 g/mol. The molecule has 1 aliphatic heterocycles. The largest absolute Gasteiger partial charge is 0.299 e. The molecule has 2 aliphatic rings. The first-order valence-electron chi connectivity index (χ1n) is 7.03. The van der Waals surface area contributed by atoms with Crippen LogP contribution in [0, 0.1) is 5.92 Å². The number of fused-ring (bicyclic) bond motifs is 1. The summed E-state index contributed by atoms with van der Waals surface area (Å²) < 4.78 is 0. The van der Waals surface area contributed by atoms with E-state index in [9.17, 15) is 4.79 Å². The Bertz CT molecular complexity index is 453. The maximum Gasteiger partial charge on any atom is 0.138 e. The second-order valence-corrected chi connectivity index (χ2v) is 6.69. The van der Waals surface area contributed by atoms with E-state index in [0.29, 0.717) is 17.9 Å². The molecule has 1 fully saturated rings. The predicted molar refractivity (Wildman–Crippen MR) is 75.0 cm³/mol. The van der Waals surface area contributed by atoms with Crippen LogP contribution < -0.4 is 0 Å². The van der Waals surface area contributed by atoms with Crippen LogP contribution in [-0.4, -0.2) is 23.3 Å². The van der Waals surface area contributed by atoms with Crippen LogP contribution in [0.1, 0.15) is 49.6 Å². The Morgan fingerprint density at radius 1 is 1.33 bits per heavy atom. The van der Waals surface area contributed by atoms with Crippen molar-refractivity contribution in [3.63, 3.8) is 0 Å². The third kappa shape index (κ3) is 1.94. The number of ketones is 1. The lowest BCUT2D eigenvalue weighted by Gasteiger charge is -2.43. The summed E-state index contributed by atoms with van der Waals surface area (Å²) in [5, 5.41) is 2.23. The van der Waals surface area contributed by atoms with Gasteiger partial charge in [0, 0.05) is 35.8 Å². The SMILES string of the molecule is CC1C(=O)CCN(C2CCCc3sccc32)C1C. The van der Waals surface area contributed by atoms with Crippen LogP contribution in [0.25, 0.3) is 0 Å². The number of hydrogen-bond acceptors (Lipinski definition) is 3. The van der Waals surface area contributed by atoms with Crippen molar-refractivity contribution in [1.82, 2.24) is 4.90 Å². The minimum Gasteiger partial charge on any atom is -0.299 e. The molecule has 0 amide bonds. The van der Waals surface area contributed by atoms with Crippen molar-refractivity contribution in [3.05, 3.63) is 21.9 Å². The van der Waals surface area contributed by atoms with Crippen LogP contribution in [0.5, 0.6) is 0 Å². The molecule has 0 N–H and O–H groups in total. The molecule has 0 aromatic carbocycles. The van der Waals surface area contributed by atoms with Crippen LogP contribution in [-0.2, 0) is 11.2 Å². The highest BCUT2D eigenvalue weighted by Crippen LogP contribution is 2.40. The number of Topliss-reactive ketones (excluding diaryl/α,β-unsaturated/α-hetero) is 1. The topological polar surface area (TPSA) is 20.3 Å². The zero-order valence-corrected chi connectivity index (χ0v) is 12.0. The predicted octanol–water partition coefficient (Wildman–Crippen LogP) is 3.42. The Morgan fingerprint density at radius 2 is 2.17 bits per heavy atom. The fraction of sp³-hybridized carbons (Fsp3) is 0.667. The van der Waals surface area contributed by atoms with Gasteiger partial charge in [0.1, 0.15) is 5.78 Å². The molecular formula is C15H21NOS. The van der Waals surface area contributed by atoms with Crippen molar-refractivity contribution in [3.8, 4) is 0 Å². The standard InChI is InChI=1S/C15H21NOS/c1-10-11(2)16(8-6-14(10)17)13-4-3-5-15-12(13)7-9-18-15/h7,9-11,13H,3-6,8H2,1-2H3. The van der Waals surface area contributed by atoms with Gasteiger partial charge in [-0.3, -0.25) is 9.69 Å². The van der Waals surface area contributed by atoms with E-state index in [1.54, 1.807) is 10.4 Å². The molecule has 1 aromatic rings. The number of nitrogens with zero attached hydrogens (tertiary/aromatic N) is 1. The first-order chi connectivity index (χ1) is 8.68. The van der Waals surface area contributed by atoms with Gasteiger partial charge in [-0.15, -0.1) is 11.3 Å². The molecule has 2 nitrogen and oxygen atoms in total. The van der Waals surface area contributed by atoms with Gasteiger partial charge in [-0.2, -0.15) is 0 Å². The summed E-state index contributed by atoms with van der Waals surface area (Å²) in [5.41, 5.74) is 1.54. The van der Waals surface area contributed by atoms with Crippen molar-refractivity contribution >= 4 is 17.1 Å². The van der Waals surface area contributed by atoms with Crippen LogP contribution in [0.4, 0.5) is 0 Å². The van der Waals surface area contributed by atoms with Crippen LogP contribution >= 0.6 is 11.3 Å². The van der Waals surface area contributed by atoms with Gasteiger partial charge < -0.3 is 0 Å². The zero-order valence-electron chi connectivity index (χ0n) is 11.2. The number of carbonyl (C=O) groups is 1. The number of aryl methyl sites for hydroxylation is 1. The molecule has 3 rings (SSSR count). The average molecular weight is 263 g/mol. The fourth-order valence-electron chi connectivity index (χ4n) is 3.47. The Kier molecular flexibility index (Phi) is 3.29. The number of rotatable bonds is 1. The Labute approximate surface area is 113 Å². The fourth-order valence-corrected chi connectivity index (χ4v) is 4.45.